The lowest BCUT2D eigenvalue weighted by atomic mass is 10.1. The minimum Gasteiger partial charge on any atom is -0.212 e. The predicted molar refractivity (Wildman–Crippen MR) is 56.2 cm³/mol. The molecule has 0 amide bonds. The van der Waals surface area contributed by atoms with Gasteiger partial charge in [-0.15, -0.1) is 0 Å². The zero-order valence-electron chi connectivity index (χ0n) is 8.84. The Hall–Kier alpha value is -0.0900. The van der Waals surface area contributed by atoms with E-state index in [1.165, 1.54) is 0 Å². The van der Waals surface area contributed by atoms with Gasteiger partial charge in [-0.25, -0.2) is 13.1 Å². The summed E-state index contributed by atoms with van der Waals surface area (Å²) in [6, 6.07) is 0.130. The molecule has 1 N–H and O–H groups in total. The summed E-state index contributed by atoms with van der Waals surface area (Å²) in [5.74, 6) is 0.176. The Morgan fingerprint density at radius 3 is 2.23 bits per heavy atom. The zero-order chi connectivity index (χ0) is 10.3. The van der Waals surface area contributed by atoms with Gasteiger partial charge in [0.25, 0.3) is 0 Å². The van der Waals surface area contributed by atoms with Gasteiger partial charge in [-0.05, 0) is 19.8 Å². The molecule has 0 aromatic heterocycles. The van der Waals surface area contributed by atoms with Crippen molar-refractivity contribution in [1.29, 1.82) is 0 Å². The fraction of sp³-hybridized carbons (Fsp3) is 1.00. The van der Waals surface area contributed by atoms with E-state index >= 15 is 0 Å². The maximum Gasteiger partial charge on any atom is 0.211 e. The minimum atomic E-state index is -3.01. The van der Waals surface area contributed by atoms with Crippen molar-refractivity contribution >= 4 is 10.0 Å². The van der Waals surface area contributed by atoms with Crippen LogP contribution < -0.4 is 4.72 Å². The predicted octanol–water partition coefficient (Wildman–Crippen LogP) is 1.89. The van der Waals surface area contributed by atoms with Gasteiger partial charge >= 0.3 is 0 Å². The molecule has 0 aliphatic carbocycles. The Morgan fingerprint density at radius 1 is 1.23 bits per heavy atom. The molecule has 0 aliphatic rings. The second-order valence-electron chi connectivity index (χ2n) is 3.27. The number of rotatable bonds is 7. The van der Waals surface area contributed by atoms with Gasteiger partial charge in [-0.2, -0.15) is 0 Å². The largest absolute Gasteiger partial charge is 0.212 e. The highest BCUT2D eigenvalue weighted by atomic mass is 32.2. The molecule has 0 aromatic carbocycles. The number of hydrogen-bond acceptors (Lipinski definition) is 2. The first-order valence-corrected chi connectivity index (χ1v) is 6.70. The second kappa shape index (κ2) is 6.38. The van der Waals surface area contributed by atoms with Crippen molar-refractivity contribution in [3.8, 4) is 0 Å². The van der Waals surface area contributed by atoms with E-state index in [1.807, 2.05) is 6.92 Å². The standard InChI is InChI=1S/C9H21NO2S/c1-4-7-8-9(5-2)10-13(11,12)6-3/h9-10H,4-8H2,1-3H3/t9-/m1/s1. The van der Waals surface area contributed by atoms with E-state index in [2.05, 4.69) is 11.6 Å². The van der Waals surface area contributed by atoms with Crippen LogP contribution >= 0.6 is 0 Å². The maximum absolute atomic E-state index is 11.2. The van der Waals surface area contributed by atoms with Crippen LogP contribution in [0.15, 0.2) is 0 Å². The van der Waals surface area contributed by atoms with Crippen LogP contribution in [-0.2, 0) is 10.0 Å². The Labute approximate surface area is 82.0 Å². The van der Waals surface area contributed by atoms with E-state index in [1.54, 1.807) is 6.92 Å². The third-order valence-electron chi connectivity index (χ3n) is 2.13. The molecule has 0 saturated carbocycles. The second-order valence-corrected chi connectivity index (χ2v) is 5.31. The molecular formula is C9H21NO2S. The van der Waals surface area contributed by atoms with E-state index < -0.39 is 10.0 Å². The Kier molecular flexibility index (Phi) is 6.33. The van der Waals surface area contributed by atoms with Crippen LogP contribution in [0.1, 0.15) is 46.5 Å². The lowest BCUT2D eigenvalue weighted by Crippen LogP contribution is -2.35. The summed E-state index contributed by atoms with van der Waals surface area (Å²) in [4.78, 5) is 0. The summed E-state index contributed by atoms with van der Waals surface area (Å²) >= 11 is 0. The molecule has 80 valence electrons. The van der Waals surface area contributed by atoms with Gasteiger partial charge in [0, 0.05) is 6.04 Å². The van der Waals surface area contributed by atoms with E-state index in [0.717, 1.165) is 25.7 Å². The molecule has 0 unspecified atom stereocenters. The Morgan fingerprint density at radius 2 is 1.85 bits per heavy atom. The first kappa shape index (κ1) is 12.9. The van der Waals surface area contributed by atoms with Crippen LogP contribution in [-0.4, -0.2) is 20.2 Å². The average Bonchev–Trinajstić information content (AvgIpc) is 2.12. The van der Waals surface area contributed by atoms with Gasteiger partial charge in [0.15, 0.2) is 0 Å². The van der Waals surface area contributed by atoms with Crippen molar-refractivity contribution in [1.82, 2.24) is 4.72 Å². The first-order valence-electron chi connectivity index (χ1n) is 5.05. The average molecular weight is 207 g/mol. The summed E-state index contributed by atoms with van der Waals surface area (Å²) in [7, 11) is -3.01. The summed E-state index contributed by atoms with van der Waals surface area (Å²) < 4.78 is 25.1. The molecule has 4 heteroatoms. The molecule has 0 spiro atoms. The van der Waals surface area contributed by atoms with Crippen LogP contribution in [0.5, 0.6) is 0 Å². The molecule has 0 radical (unpaired) electrons. The van der Waals surface area contributed by atoms with Crippen molar-refractivity contribution in [3.05, 3.63) is 0 Å². The number of nitrogens with one attached hydrogen (secondary N) is 1. The summed E-state index contributed by atoms with van der Waals surface area (Å²) in [5, 5.41) is 0. The molecule has 0 heterocycles. The van der Waals surface area contributed by atoms with E-state index in [9.17, 15) is 8.42 Å². The number of sulfonamides is 1. The van der Waals surface area contributed by atoms with Gasteiger partial charge < -0.3 is 0 Å². The van der Waals surface area contributed by atoms with E-state index in [4.69, 9.17) is 0 Å². The molecule has 0 fully saturated rings. The summed E-state index contributed by atoms with van der Waals surface area (Å²) in [6.45, 7) is 5.79. The van der Waals surface area contributed by atoms with Gasteiger partial charge in [0.2, 0.25) is 10.0 Å². The molecule has 0 aromatic rings. The quantitative estimate of drug-likeness (QED) is 0.693. The normalized spacial score (nSPS) is 14.4. The Bertz CT molecular complexity index is 212. The highest BCUT2D eigenvalue weighted by molar-refractivity contribution is 7.89. The smallest absolute Gasteiger partial charge is 0.211 e. The van der Waals surface area contributed by atoms with E-state index in [0.29, 0.717) is 0 Å². The zero-order valence-corrected chi connectivity index (χ0v) is 9.65. The van der Waals surface area contributed by atoms with E-state index in [-0.39, 0.29) is 11.8 Å². The molecule has 1 atom stereocenters. The summed E-state index contributed by atoms with van der Waals surface area (Å²) in [6.07, 6.45) is 4.03. The molecule has 3 nitrogen and oxygen atoms in total. The van der Waals surface area contributed by atoms with Crippen molar-refractivity contribution in [2.75, 3.05) is 5.75 Å². The van der Waals surface area contributed by atoms with Gasteiger partial charge in [-0.1, -0.05) is 26.7 Å². The molecule has 0 aliphatic heterocycles. The van der Waals surface area contributed by atoms with Crippen LogP contribution in [0.25, 0.3) is 0 Å². The maximum atomic E-state index is 11.2. The fourth-order valence-electron chi connectivity index (χ4n) is 1.13. The topological polar surface area (TPSA) is 46.2 Å². The van der Waals surface area contributed by atoms with Crippen molar-refractivity contribution < 1.29 is 8.42 Å². The molecular weight excluding hydrogens is 186 g/mol. The molecule has 13 heavy (non-hydrogen) atoms. The number of hydrogen-bond donors (Lipinski definition) is 1. The monoisotopic (exact) mass is 207 g/mol. The lowest BCUT2D eigenvalue weighted by molar-refractivity contribution is 0.502. The molecule has 0 rings (SSSR count). The minimum absolute atomic E-state index is 0.130. The highest BCUT2D eigenvalue weighted by Gasteiger charge is 2.13. The van der Waals surface area contributed by atoms with Crippen LogP contribution in [0.3, 0.4) is 0 Å². The van der Waals surface area contributed by atoms with Crippen LogP contribution in [0.4, 0.5) is 0 Å². The van der Waals surface area contributed by atoms with Crippen molar-refractivity contribution in [2.45, 2.75) is 52.5 Å². The summed E-state index contributed by atoms with van der Waals surface area (Å²) in [5.41, 5.74) is 0. The Balaban J connectivity index is 3.97. The lowest BCUT2D eigenvalue weighted by Gasteiger charge is -2.15. The fourth-order valence-corrected chi connectivity index (χ4v) is 2.09. The SMILES string of the molecule is CCCC[C@@H](CC)NS(=O)(=O)CC. The molecule has 0 bridgehead atoms. The van der Waals surface area contributed by atoms with Gasteiger partial charge in [-0.3, -0.25) is 0 Å². The number of unbranched alkanes of at least 4 members (excludes halogenated alkanes) is 1. The van der Waals surface area contributed by atoms with Crippen LogP contribution in [0.2, 0.25) is 0 Å². The third-order valence-corrected chi connectivity index (χ3v) is 3.58. The first-order chi connectivity index (χ1) is 6.05. The van der Waals surface area contributed by atoms with Crippen LogP contribution in [0, 0.1) is 0 Å². The van der Waals surface area contributed by atoms with Crippen molar-refractivity contribution in [2.24, 2.45) is 0 Å². The molecule has 0 saturated heterocycles. The van der Waals surface area contributed by atoms with Crippen molar-refractivity contribution in [3.63, 3.8) is 0 Å². The van der Waals surface area contributed by atoms with Gasteiger partial charge in [0.1, 0.15) is 0 Å². The van der Waals surface area contributed by atoms with Gasteiger partial charge in [0.05, 0.1) is 5.75 Å². The third kappa shape index (κ3) is 6.05. The highest BCUT2D eigenvalue weighted by Crippen LogP contribution is 2.05.